The van der Waals surface area contributed by atoms with Gasteiger partial charge in [0.1, 0.15) is 0 Å². The molecule has 4 N–H and O–H groups in total. The molecule has 1 aliphatic carbocycles. The molecule has 0 saturated heterocycles. The fourth-order valence-electron chi connectivity index (χ4n) is 4.06. The summed E-state index contributed by atoms with van der Waals surface area (Å²) in [5.41, 5.74) is 11.1. The van der Waals surface area contributed by atoms with E-state index in [1.165, 1.54) is 0 Å². The van der Waals surface area contributed by atoms with Gasteiger partial charge < -0.3 is 21.1 Å². The van der Waals surface area contributed by atoms with Gasteiger partial charge in [-0.1, -0.05) is 26.8 Å². The molecule has 2 aromatic rings. The van der Waals surface area contributed by atoms with Crippen LogP contribution in [0.15, 0.2) is 41.0 Å². The molecule has 1 atom stereocenters. The van der Waals surface area contributed by atoms with Crippen LogP contribution in [0.5, 0.6) is 5.75 Å². The van der Waals surface area contributed by atoms with Crippen molar-refractivity contribution in [2.24, 2.45) is 28.5 Å². The van der Waals surface area contributed by atoms with Crippen LogP contribution >= 0.6 is 0 Å². The fourth-order valence-corrected chi connectivity index (χ4v) is 4.06. The summed E-state index contributed by atoms with van der Waals surface area (Å²) in [6, 6.07) is 7.64. The van der Waals surface area contributed by atoms with Crippen LogP contribution in [0.2, 0.25) is 0 Å². The minimum Gasteiger partial charge on any atom is -0.494 e. The molecule has 1 saturated carbocycles. The van der Waals surface area contributed by atoms with Gasteiger partial charge in [0.2, 0.25) is 5.91 Å². The first-order valence-corrected chi connectivity index (χ1v) is 12.3. The highest BCUT2D eigenvalue weighted by Gasteiger charge is 2.30. The lowest BCUT2D eigenvalue weighted by Gasteiger charge is -2.19. The monoisotopic (exact) mass is 478 g/mol. The Bertz CT molecular complexity index is 1100. The molecule has 0 radical (unpaired) electrons. The smallest absolute Gasteiger partial charge is 0.228 e. The van der Waals surface area contributed by atoms with Gasteiger partial charge in [-0.25, -0.2) is 0 Å². The number of allylic oxidation sites excluding steroid dienone is 2. The van der Waals surface area contributed by atoms with E-state index < -0.39 is 0 Å². The van der Waals surface area contributed by atoms with Crippen molar-refractivity contribution >= 4 is 28.8 Å². The van der Waals surface area contributed by atoms with Crippen molar-refractivity contribution in [2.75, 3.05) is 24.8 Å². The minimum absolute atomic E-state index is 0.00953. The van der Waals surface area contributed by atoms with E-state index in [2.05, 4.69) is 46.6 Å². The molecule has 8 heteroatoms. The number of aryl methyl sites for hydroxylation is 1. The average Bonchev–Trinajstić information content (AvgIpc) is 3.68. The molecule has 1 heterocycles. The maximum atomic E-state index is 12.2. The van der Waals surface area contributed by atoms with Gasteiger partial charge in [-0.05, 0) is 62.7 Å². The van der Waals surface area contributed by atoms with Crippen LogP contribution in [0.4, 0.5) is 17.2 Å². The van der Waals surface area contributed by atoms with Crippen LogP contribution in [-0.4, -0.2) is 36.0 Å². The number of nitrogens with one attached hydrogen (secondary N) is 2. The summed E-state index contributed by atoms with van der Waals surface area (Å²) in [6.07, 6.45) is 5.82. The molecule has 188 valence electrons. The summed E-state index contributed by atoms with van der Waals surface area (Å²) in [6.45, 7) is 8.44. The molecule has 8 nitrogen and oxygen atoms in total. The minimum atomic E-state index is -0.00953. The third kappa shape index (κ3) is 6.81. The third-order valence-electron chi connectivity index (χ3n) is 6.21. The van der Waals surface area contributed by atoms with E-state index in [4.69, 9.17) is 10.5 Å². The van der Waals surface area contributed by atoms with Gasteiger partial charge >= 0.3 is 0 Å². The molecular weight excluding hydrogens is 440 g/mol. The lowest BCUT2D eigenvalue weighted by atomic mass is 9.91. The van der Waals surface area contributed by atoms with E-state index in [9.17, 15) is 4.79 Å². The second kappa shape index (κ2) is 11.8. The van der Waals surface area contributed by atoms with E-state index in [0.717, 1.165) is 54.0 Å². The highest BCUT2D eigenvalue weighted by molar-refractivity contribution is 6.12. The number of para-hydroxylation sites is 1. The largest absolute Gasteiger partial charge is 0.494 e. The number of nitrogens with zero attached hydrogens (tertiary/aromatic N) is 3. The van der Waals surface area contributed by atoms with Gasteiger partial charge in [0.15, 0.2) is 11.6 Å². The Kier molecular flexibility index (Phi) is 8.84. The quantitative estimate of drug-likeness (QED) is 0.382. The zero-order valence-electron chi connectivity index (χ0n) is 21.7. The number of carbonyl (C=O) groups excluding carboxylic acids is 1. The second-order valence-electron chi connectivity index (χ2n) is 9.49. The van der Waals surface area contributed by atoms with E-state index in [-0.39, 0.29) is 11.8 Å². The van der Waals surface area contributed by atoms with Crippen molar-refractivity contribution in [2.45, 2.75) is 53.4 Å². The van der Waals surface area contributed by atoms with Crippen molar-refractivity contribution in [3.05, 3.63) is 47.3 Å². The average molecular weight is 479 g/mol. The summed E-state index contributed by atoms with van der Waals surface area (Å²) in [4.78, 5) is 16.7. The van der Waals surface area contributed by atoms with Gasteiger partial charge in [-0.3, -0.25) is 9.79 Å². The lowest BCUT2D eigenvalue weighted by Crippen LogP contribution is -2.16. The number of hydrogen-bond donors (Lipinski definition) is 3. The molecule has 3 rings (SSSR count). The molecule has 1 unspecified atom stereocenters. The maximum Gasteiger partial charge on any atom is 0.228 e. The fraction of sp³-hybridized carbons (Fsp3) is 0.481. The number of amides is 1. The highest BCUT2D eigenvalue weighted by atomic mass is 16.5. The number of aromatic nitrogens is 2. The molecule has 1 aromatic heterocycles. The molecule has 1 fully saturated rings. The Morgan fingerprint density at radius 3 is 2.63 bits per heavy atom. The van der Waals surface area contributed by atoms with Gasteiger partial charge in [0.05, 0.1) is 29.9 Å². The number of methoxy groups -OCH3 is 1. The normalized spacial score (nSPS) is 15.2. The number of ether oxygens (including phenoxy) is 1. The number of aliphatic imine (C=N–C) groups is 1. The first kappa shape index (κ1) is 26.2. The molecule has 1 amide bonds. The number of rotatable bonds is 11. The number of nitrogens with two attached hydrogens (primary N) is 1. The summed E-state index contributed by atoms with van der Waals surface area (Å²) in [7, 11) is 3.39. The zero-order chi connectivity index (χ0) is 25.5. The van der Waals surface area contributed by atoms with Gasteiger partial charge in [0.25, 0.3) is 0 Å². The highest BCUT2D eigenvalue weighted by Crippen LogP contribution is 2.34. The molecular formula is C27H38N6O2. The number of hydrogen-bond acceptors (Lipinski definition) is 7. The first-order valence-electron chi connectivity index (χ1n) is 12.3. The van der Waals surface area contributed by atoms with Crippen LogP contribution in [0.1, 0.15) is 57.7 Å². The molecule has 35 heavy (non-hydrogen) atoms. The predicted molar refractivity (Wildman–Crippen MR) is 142 cm³/mol. The molecule has 0 aliphatic heterocycles. The molecule has 1 aliphatic rings. The van der Waals surface area contributed by atoms with Crippen LogP contribution in [0.25, 0.3) is 0 Å². The van der Waals surface area contributed by atoms with E-state index >= 15 is 0 Å². The summed E-state index contributed by atoms with van der Waals surface area (Å²) < 4.78 is 5.82. The van der Waals surface area contributed by atoms with Gasteiger partial charge in [0, 0.05) is 30.3 Å². The summed E-state index contributed by atoms with van der Waals surface area (Å²) in [5.74, 6) is 2.01. The van der Waals surface area contributed by atoms with Gasteiger partial charge in [-0.2, -0.15) is 5.10 Å². The van der Waals surface area contributed by atoms with E-state index in [0.29, 0.717) is 29.1 Å². The Labute approximate surface area is 208 Å². The second-order valence-corrected chi connectivity index (χ2v) is 9.49. The number of carbonyl (C=O) groups is 1. The maximum absolute atomic E-state index is 12.2. The topological polar surface area (TPSA) is 115 Å². The first-order chi connectivity index (χ1) is 16.8. The predicted octanol–water partition coefficient (Wildman–Crippen LogP) is 5.22. The summed E-state index contributed by atoms with van der Waals surface area (Å²) >= 11 is 0. The summed E-state index contributed by atoms with van der Waals surface area (Å²) in [5, 5.41) is 14.6. The Hall–Kier alpha value is -3.42. The number of anilines is 3. The van der Waals surface area contributed by atoms with Crippen LogP contribution in [-0.2, 0) is 4.79 Å². The Morgan fingerprint density at radius 2 is 2.03 bits per heavy atom. The Morgan fingerprint density at radius 1 is 1.29 bits per heavy atom. The molecule has 0 spiro atoms. The van der Waals surface area contributed by atoms with Crippen molar-refractivity contribution in [3.63, 3.8) is 0 Å². The van der Waals surface area contributed by atoms with Crippen LogP contribution in [0.3, 0.4) is 0 Å². The van der Waals surface area contributed by atoms with E-state index in [1.54, 1.807) is 20.2 Å². The van der Waals surface area contributed by atoms with Crippen LogP contribution < -0.4 is 21.1 Å². The van der Waals surface area contributed by atoms with Crippen LogP contribution in [0, 0.1) is 24.7 Å². The van der Waals surface area contributed by atoms with Crippen molar-refractivity contribution in [3.8, 4) is 5.75 Å². The van der Waals surface area contributed by atoms with E-state index in [1.807, 2.05) is 31.2 Å². The number of benzene rings is 1. The van der Waals surface area contributed by atoms with Crippen molar-refractivity contribution < 1.29 is 9.53 Å². The van der Waals surface area contributed by atoms with Gasteiger partial charge in [-0.15, -0.1) is 5.10 Å². The Balaban J connectivity index is 1.90. The zero-order valence-corrected chi connectivity index (χ0v) is 21.7. The van der Waals surface area contributed by atoms with Crippen molar-refractivity contribution in [1.82, 2.24) is 10.2 Å². The molecule has 0 bridgehead atoms. The third-order valence-corrected chi connectivity index (χ3v) is 6.21. The SMILES string of the molecule is CCC(CC(C)C)/C(N)=C/C(=NC)c1cccc(Nc2cc(NC(=O)C3CC3)nnc2C)c1OC. The van der Waals surface area contributed by atoms with Crippen molar-refractivity contribution in [1.29, 1.82) is 0 Å². The lowest BCUT2D eigenvalue weighted by molar-refractivity contribution is -0.117. The molecule has 1 aromatic carbocycles. The standard InChI is InChI=1S/C27H38N6O2/c1-7-18(13-16(2)3)21(28)14-24(29-5)20-9-8-10-22(26(20)35-6)30-23-15-25(33-32-17(23)4)31-27(34)19-11-12-19/h8-10,14-16,18-19H,7,11-13,28H2,1-6H3,(H2,30,31,33,34)/b21-14-,29-24?.